The molecule has 0 aliphatic heterocycles. The standard InChI is InChI=1S/C13H28N2O/c1-11(2)9-15(12-5-6-12)13(3,10-14)7-8-16-4/h11-12H,5-10,14H2,1-4H3. The summed E-state index contributed by atoms with van der Waals surface area (Å²) in [5, 5.41) is 0. The molecule has 0 aromatic heterocycles. The molecule has 1 saturated carbocycles. The monoisotopic (exact) mass is 228 g/mol. The van der Waals surface area contributed by atoms with Crippen LogP contribution in [0, 0.1) is 5.92 Å². The predicted octanol–water partition coefficient (Wildman–Crippen LogP) is 1.86. The summed E-state index contributed by atoms with van der Waals surface area (Å²) in [4.78, 5) is 2.62. The van der Waals surface area contributed by atoms with Crippen LogP contribution in [0.3, 0.4) is 0 Å². The fourth-order valence-electron chi connectivity index (χ4n) is 2.27. The van der Waals surface area contributed by atoms with Crippen LogP contribution in [0.25, 0.3) is 0 Å². The van der Waals surface area contributed by atoms with Gasteiger partial charge in [-0.1, -0.05) is 13.8 Å². The van der Waals surface area contributed by atoms with Crippen molar-refractivity contribution in [2.45, 2.75) is 51.6 Å². The van der Waals surface area contributed by atoms with Crippen LogP contribution in [-0.2, 0) is 4.74 Å². The molecule has 1 rings (SSSR count). The zero-order valence-electron chi connectivity index (χ0n) is 11.3. The Bertz CT molecular complexity index is 204. The Morgan fingerprint density at radius 2 is 2.06 bits per heavy atom. The van der Waals surface area contributed by atoms with Gasteiger partial charge in [0, 0.05) is 38.4 Å². The van der Waals surface area contributed by atoms with E-state index in [-0.39, 0.29) is 5.54 Å². The average Bonchev–Trinajstić information content (AvgIpc) is 3.06. The summed E-state index contributed by atoms with van der Waals surface area (Å²) >= 11 is 0. The van der Waals surface area contributed by atoms with Gasteiger partial charge in [-0.3, -0.25) is 4.90 Å². The van der Waals surface area contributed by atoms with Gasteiger partial charge in [-0.25, -0.2) is 0 Å². The largest absolute Gasteiger partial charge is 0.385 e. The highest BCUT2D eigenvalue weighted by molar-refractivity contribution is 4.96. The van der Waals surface area contributed by atoms with E-state index in [4.69, 9.17) is 10.5 Å². The molecule has 0 heterocycles. The molecule has 96 valence electrons. The molecule has 1 unspecified atom stereocenters. The summed E-state index contributed by atoms with van der Waals surface area (Å²) in [6, 6.07) is 0.771. The molecular formula is C13H28N2O. The van der Waals surface area contributed by atoms with Gasteiger partial charge >= 0.3 is 0 Å². The van der Waals surface area contributed by atoms with Gasteiger partial charge in [0.2, 0.25) is 0 Å². The molecule has 3 heteroatoms. The molecule has 2 N–H and O–H groups in total. The smallest absolute Gasteiger partial charge is 0.0480 e. The first kappa shape index (κ1) is 13.9. The van der Waals surface area contributed by atoms with Crippen LogP contribution >= 0.6 is 0 Å². The molecule has 16 heavy (non-hydrogen) atoms. The SMILES string of the molecule is COCCC(C)(CN)N(CC(C)C)C1CC1. The number of methoxy groups -OCH3 is 1. The first-order valence-corrected chi connectivity index (χ1v) is 6.49. The Labute approximate surface area is 100 Å². The summed E-state index contributed by atoms with van der Waals surface area (Å²) in [6.07, 6.45) is 3.72. The highest BCUT2D eigenvalue weighted by Crippen LogP contribution is 2.34. The third-order valence-electron chi connectivity index (χ3n) is 3.53. The van der Waals surface area contributed by atoms with E-state index in [0.29, 0.717) is 5.92 Å². The summed E-state index contributed by atoms with van der Waals surface area (Å²) in [6.45, 7) is 9.52. The maximum Gasteiger partial charge on any atom is 0.0480 e. The lowest BCUT2D eigenvalue weighted by molar-refractivity contribution is 0.0523. The molecule has 1 fully saturated rings. The summed E-state index contributed by atoms with van der Waals surface area (Å²) < 4.78 is 5.21. The second kappa shape index (κ2) is 5.99. The number of ether oxygens (including phenoxy) is 1. The predicted molar refractivity (Wildman–Crippen MR) is 68.5 cm³/mol. The van der Waals surface area contributed by atoms with Crippen molar-refractivity contribution in [3.05, 3.63) is 0 Å². The molecule has 1 aliphatic carbocycles. The van der Waals surface area contributed by atoms with E-state index < -0.39 is 0 Å². The van der Waals surface area contributed by atoms with Gasteiger partial charge in [-0.05, 0) is 32.1 Å². The molecule has 0 aromatic rings. The zero-order chi connectivity index (χ0) is 12.2. The van der Waals surface area contributed by atoms with Gasteiger partial charge in [-0.2, -0.15) is 0 Å². The van der Waals surface area contributed by atoms with E-state index in [9.17, 15) is 0 Å². The lowest BCUT2D eigenvalue weighted by Crippen LogP contribution is -2.54. The highest BCUT2D eigenvalue weighted by Gasteiger charge is 2.40. The molecule has 1 aliphatic rings. The minimum absolute atomic E-state index is 0.113. The molecule has 3 nitrogen and oxygen atoms in total. The number of nitrogens with two attached hydrogens (primary N) is 1. The zero-order valence-corrected chi connectivity index (χ0v) is 11.3. The minimum atomic E-state index is 0.113. The Hall–Kier alpha value is -0.120. The third kappa shape index (κ3) is 3.72. The Kier molecular flexibility index (Phi) is 5.22. The molecule has 0 radical (unpaired) electrons. The van der Waals surface area contributed by atoms with Crippen molar-refractivity contribution in [3.8, 4) is 0 Å². The van der Waals surface area contributed by atoms with Gasteiger partial charge in [-0.15, -0.1) is 0 Å². The van der Waals surface area contributed by atoms with Crippen molar-refractivity contribution in [3.63, 3.8) is 0 Å². The molecule has 0 aromatic carbocycles. The second-order valence-electron chi connectivity index (χ2n) is 5.72. The number of hydrogen-bond acceptors (Lipinski definition) is 3. The van der Waals surface area contributed by atoms with Gasteiger partial charge in [0.15, 0.2) is 0 Å². The Morgan fingerprint density at radius 3 is 2.44 bits per heavy atom. The van der Waals surface area contributed by atoms with E-state index in [1.165, 1.54) is 12.8 Å². The molecule has 0 spiro atoms. The van der Waals surface area contributed by atoms with E-state index in [1.54, 1.807) is 7.11 Å². The topological polar surface area (TPSA) is 38.5 Å². The maximum absolute atomic E-state index is 5.99. The van der Waals surface area contributed by atoms with Gasteiger partial charge in [0.1, 0.15) is 0 Å². The highest BCUT2D eigenvalue weighted by atomic mass is 16.5. The molecule has 0 bridgehead atoms. The van der Waals surface area contributed by atoms with Crippen LogP contribution in [0.1, 0.15) is 40.0 Å². The maximum atomic E-state index is 5.99. The first-order chi connectivity index (χ1) is 7.53. The van der Waals surface area contributed by atoms with Crippen molar-refractivity contribution < 1.29 is 4.74 Å². The fraction of sp³-hybridized carbons (Fsp3) is 1.00. The molecule has 0 saturated heterocycles. The molecular weight excluding hydrogens is 200 g/mol. The number of nitrogens with zero attached hydrogens (tertiary/aromatic N) is 1. The van der Waals surface area contributed by atoms with Crippen molar-refractivity contribution in [1.29, 1.82) is 0 Å². The van der Waals surface area contributed by atoms with E-state index in [0.717, 1.165) is 32.2 Å². The minimum Gasteiger partial charge on any atom is -0.385 e. The number of hydrogen-bond donors (Lipinski definition) is 1. The van der Waals surface area contributed by atoms with Crippen LogP contribution in [0.4, 0.5) is 0 Å². The quantitative estimate of drug-likeness (QED) is 0.689. The van der Waals surface area contributed by atoms with Crippen LogP contribution in [0.15, 0.2) is 0 Å². The summed E-state index contributed by atoms with van der Waals surface area (Å²) in [5.74, 6) is 0.703. The summed E-state index contributed by atoms with van der Waals surface area (Å²) in [5.41, 5.74) is 6.11. The lowest BCUT2D eigenvalue weighted by atomic mass is 9.94. The average molecular weight is 228 g/mol. The van der Waals surface area contributed by atoms with E-state index >= 15 is 0 Å². The lowest BCUT2D eigenvalue weighted by Gasteiger charge is -2.42. The Morgan fingerprint density at radius 1 is 1.44 bits per heavy atom. The number of rotatable bonds is 8. The van der Waals surface area contributed by atoms with E-state index in [1.807, 2.05) is 0 Å². The summed E-state index contributed by atoms with van der Waals surface area (Å²) in [7, 11) is 1.76. The third-order valence-corrected chi connectivity index (χ3v) is 3.53. The van der Waals surface area contributed by atoms with Crippen molar-refractivity contribution >= 4 is 0 Å². The van der Waals surface area contributed by atoms with E-state index in [2.05, 4.69) is 25.7 Å². The van der Waals surface area contributed by atoms with Gasteiger partial charge < -0.3 is 10.5 Å². The normalized spacial score (nSPS) is 20.4. The van der Waals surface area contributed by atoms with Crippen molar-refractivity contribution in [2.75, 3.05) is 26.8 Å². The van der Waals surface area contributed by atoms with Crippen LogP contribution in [0.5, 0.6) is 0 Å². The fourth-order valence-corrected chi connectivity index (χ4v) is 2.27. The van der Waals surface area contributed by atoms with Crippen molar-refractivity contribution in [1.82, 2.24) is 4.90 Å². The molecule has 0 amide bonds. The second-order valence-corrected chi connectivity index (χ2v) is 5.72. The van der Waals surface area contributed by atoms with Crippen LogP contribution in [-0.4, -0.2) is 43.3 Å². The first-order valence-electron chi connectivity index (χ1n) is 6.49. The van der Waals surface area contributed by atoms with Crippen molar-refractivity contribution in [2.24, 2.45) is 11.7 Å². The Balaban J connectivity index is 2.63. The van der Waals surface area contributed by atoms with Gasteiger partial charge in [0.05, 0.1) is 0 Å². The van der Waals surface area contributed by atoms with Crippen LogP contribution in [0.2, 0.25) is 0 Å². The molecule has 1 atom stereocenters. The van der Waals surface area contributed by atoms with Crippen LogP contribution < -0.4 is 5.73 Å². The van der Waals surface area contributed by atoms with Gasteiger partial charge in [0.25, 0.3) is 0 Å².